The van der Waals surface area contributed by atoms with Crippen molar-refractivity contribution >= 4 is 35.2 Å². The number of carboxylic acids is 1. The fraction of sp³-hybridized carbons (Fsp3) is 0.400. The number of carbonyl (C=O) groups is 3. The highest BCUT2D eigenvalue weighted by molar-refractivity contribution is 8.00. The van der Waals surface area contributed by atoms with Gasteiger partial charge in [-0.1, -0.05) is 12.1 Å². The zero-order valence-corrected chi connectivity index (χ0v) is 12.7. The van der Waals surface area contributed by atoms with Crippen molar-refractivity contribution in [1.82, 2.24) is 5.32 Å². The summed E-state index contributed by atoms with van der Waals surface area (Å²) < 4.78 is 0. The summed E-state index contributed by atoms with van der Waals surface area (Å²) in [6.07, 6.45) is 1.66. The van der Waals surface area contributed by atoms with Gasteiger partial charge in [-0.2, -0.15) is 0 Å². The molecule has 1 aliphatic heterocycles. The molecule has 0 bridgehead atoms. The summed E-state index contributed by atoms with van der Waals surface area (Å²) in [7, 11) is 0. The van der Waals surface area contributed by atoms with Crippen molar-refractivity contribution in [2.75, 3.05) is 17.2 Å². The normalized spacial score (nSPS) is 19.1. The second-order valence-electron chi connectivity index (χ2n) is 5.53. The molecule has 1 fully saturated rings. The second kappa shape index (κ2) is 5.64. The zero-order chi connectivity index (χ0) is 15.7. The van der Waals surface area contributed by atoms with Crippen molar-refractivity contribution < 1.29 is 19.5 Å². The lowest BCUT2D eigenvalue weighted by atomic mass is 9.77. The molecule has 6 nitrogen and oxygen atoms in total. The Morgan fingerprint density at radius 3 is 2.68 bits per heavy atom. The van der Waals surface area contributed by atoms with E-state index in [1.54, 1.807) is 6.07 Å². The molecule has 1 aliphatic carbocycles. The summed E-state index contributed by atoms with van der Waals surface area (Å²) in [5.74, 6) is -1.30. The molecule has 0 saturated heterocycles. The molecule has 1 heterocycles. The van der Waals surface area contributed by atoms with Crippen LogP contribution in [0.25, 0.3) is 0 Å². The Labute approximate surface area is 131 Å². The van der Waals surface area contributed by atoms with E-state index < -0.39 is 17.4 Å². The lowest BCUT2D eigenvalue weighted by Crippen LogP contribution is -2.61. The molecule has 3 rings (SSSR count). The molecular weight excluding hydrogens is 304 g/mol. The molecular formula is C15H16N2O4S. The predicted octanol–water partition coefficient (Wildman–Crippen LogP) is 1.25. The lowest BCUT2D eigenvalue weighted by molar-refractivity contribution is -0.151. The van der Waals surface area contributed by atoms with Crippen molar-refractivity contribution in [1.29, 1.82) is 0 Å². The number of rotatable bonds is 4. The molecule has 2 amide bonds. The van der Waals surface area contributed by atoms with Crippen molar-refractivity contribution in [3.63, 3.8) is 0 Å². The first-order valence-corrected chi connectivity index (χ1v) is 8.07. The van der Waals surface area contributed by atoms with Gasteiger partial charge >= 0.3 is 5.97 Å². The largest absolute Gasteiger partial charge is 0.480 e. The Morgan fingerprint density at radius 1 is 1.32 bits per heavy atom. The van der Waals surface area contributed by atoms with Crippen LogP contribution in [-0.4, -0.2) is 40.7 Å². The average Bonchev–Trinajstić information content (AvgIpc) is 2.45. The molecule has 116 valence electrons. The SMILES string of the molecule is O=C(CN1C(=O)CSc2ccccc21)NC1(C(=O)O)CCC1. The number of carbonyl (C=O) groups excluding carboxylic acids is 2. The molecule has 0 atom stereocenters. The van der Waals surface area contributed by atoms with Gasteiger partial charge in [0.05, 0.1) is 11.4 Å². The number of carboxylic acid groups (broad SMARTS) is 1. The Hall–Kier alpha value is -2.02. The van der Waals surface area contributed by atoms with Gasteiger partial charge in [-0.15, -0.1) is 11.8 Å². The number of benzene rings is 1. The third-order valence-corrected chi connectivity index (χ3v) is 5.15. The van der Waals surface area contributed by atoms with Crippen molar-refractivity contribution in [2.24, 2.45) is 0 Å². The topological polar surface area (TPSA) is 86.7 Å². The highest BCUT2D eigenvalue weighted by atomic mass is 32.2. The molecule has 2 aliphatic rings. The van der Waals surface area contributed by atoms with E-state index in [9.17, 15) is 19.5 Å². The van der Waals surface area contributed by atoms with Crippen LogP contribution in [0.5, 0.6) is 0 Å². The molecule has 1 saturated carbocycles. The van der Waals surface area contributed by atoms with E-state index >= 15 is 0 Å². The Kier molecular flexibility index (Phi) is 3.82. The summed E-state index contributed by atoms with van der Waals surface area (Å²) in [4.78, 5) is 38.0. The number of aliphatic carboxylic acids is 1. The smallest absolute Gasteiger partial charge is 0.329 e. The number of amides is 2. The maximum atomic E-state index is 12.2. The highest BCUT2D eigenvalue weighted by Gasteiger charge is 2.46. The highest BCUT2D eigenvalue weighted by Crippen LogP contribution is 2.35. The summed E-state index contributed by atoms with van der Waals surface area (Å²) in [5.41, 5.74) is -0.443. The van der Waals surface area contributed by atoms with E-state index in [0.717, 1.165) is 11.3 Å². The van der Waals surface area contributed by atoms with Gasteiger partial charge in [-0.3, -0.25) is 9.59 Å². The van der Waals surface area contributed by atoms with Crippen LogP contribution in [-0.2, 0) is 14.4 Å². The molecule has 1 aromatic carbocycles. The van der Waals surface area contributed by atoms with Crippen LogP contribution in [0.4, 0.5) is 5.69 Å². The summed E-state index contributed by atoms with van der Waals surface area (Å²) >= 11 is 1.44. The molecule has 2 N–H and O–H groups in total. The minimum Gasteiger partial charge on any atom is -0.480 e. The number of nitrogens with one attached hydrogen (secondary N) is 1. The standard InChI is InChI=1S/C15H16N2O4S/c18-12(16-15(14(20)21)6-3-7-15)8-17-10-4-1-2-5-11(10)22-9-13(17)19/h1-2,4-5H,3,6-9H2,(H,16,18)(H,20,21). The van der Waals surface area contributed by atoms with Crippen LogP contribution in [0.1, 0.15) is 19.3 Å². The molecule has 0 aromatic heterocycles. The number of nitrogens with zero attached hydrogens (tertiary/aromatic N) is 1. The summed E-state index contributed by atoms with van der Waals surface area (Å²) in [6, 6.07) is 7.40. The third kappa shape index (κ3) is 2.56. The van der Waals surface area contributed by atoms with E-state index in [1.807, 2.05) is 18.2 Å². The Bertz CT molecular complexity index is 642. The van der Waals surface area contributed by atoms with Crippen molar-refractivity contribution in [3.05, 3.63) is 24.3 Å². The number of para-hydroxylation sites is 1. The van der Waals surface area contributed by atoms with Crippen LogP contribution < -0.4 is 10.2 Å². The van der Waals surface area contributed by atoms with E-state index in [-0.39, 0.29) is 18.2 Å². The monoisotopic (exact) mass is 320 g/mol. The fourth-order valence-corrected chi connectivity index (χ4v) is 3.64. The number of hydrogen-bond donors (Lipinski definition) is 2. The molecule has 7 heteroatoms. The minimum atomic E-state index is -1.15. The molecule has 0 unspecified atom stereocenters. The lowest BCUT2D eigenvalue weighted by Gasteiger charge is -2.39. The second-order valence-corrected chi connectivity index (χ2v) is 6.54. The van der Waals surface area contributed by atoms with Gasteiger partial charge < -0.3 is 15.3 Å². The molecule has 0 spiro atoms. The maximum absolute atomic E-state index is 12.2. The number of anilines is 1. The molecule has 0 radical (unpaired) electrons. The van der Waals surface area contributed by atoms with E-state index in [0.29, 0.717) is 18.5 Å². The van der Waals surface area contributed by atoms with Crippen LogP contribution >= 0.6 is 11.8 Å². The van der Waals surface area contributed by atoms with Crippen LogP contribution in [0, 0.1) is 0 Å². The van der Waals surface area contributed by atoms with Crippen molar-refractivity contribution in [2.45, 2.75) is 29.7 Å². The number of fused-ring (bicyclic) bond motifs is 1. The zero-order valence-electron chi connectivity index (χ0n) is 11.9. The average molecular weight is 320 g/mol. The van der Waals surface area contributed by atoms with Gasteiger partial charge in [0, 0.05) is 4.90 Å². The molecule has 22 heavy (non-hydrogen) atoms. The number of hydrogen-bond acceptors (Lipinski definition) is 4. The number of thioether (sulfide) groups is 1. The maximum Gasteiger partial charge on any atom is 0.329 e. The van der Waals surface area contributed by atoms with Gasteiger partial charge in [-0.05, 0) is 31.4 Å². The fourth-order valence-electron chi connectivity index (χ4n) is 2.70. The third-order valence-electron chi connectivity index (χ3n) is 4.11. The molecule has 1 aromatic rings. The van der Waals surface area contributed by atoms with Gasteiger partial charge in [-0.25, -0.2) is 4.79 Å². The first-order chi connectivity index (χ1) is 10.5. The van der Waals surface area contributed by atoms with E-state index in [4.69, 9.17) is 0 Å². The first-order valence-electron chi connectivity index (χ1n) is 7.08. The Balaban J connectivity index is 1.74. The van der Waals surface area contributed by atoms with Crippen LogP contribution in [0.15, 0.2) is 29.2 Å². The van der Waals surface area contributed by atoms with E-state index in [1.165, 1.54) is 16.7 Å². The first kappa shape index (κ1) is 14.9. The predicted molar refractivity (Wildman–Crippen MR) is 81.9 cm³/mol. The van der Waals surface area contributed by atoms with Crippen molar-refractivity contribution in [3.8, 4) is 0 Å². The summed E-state index contributed by atoms with van der Waals surface area (Å²) in [6.45, 7) is -0.147. The van der Waals surface area contributed by atoms with Crippen LogP contribution in [0.3, 0.4) is 0 Å². The van der Waals surface area contributed by atoms with E-state index in [2.05, 4.69) is 5.32 Å². The van der Waals surface area contributed by atoms with Gasteiger partial charge in [0.15, 0.2) is 0 Å². The van der Waals surface area contributed by atoms with Gasteiger partial charge in [0.25, 0.3) is 0 Å². The minimum absolute atomic E-state index is 0.142. The Morgan fingerprint density at radius 2 is 2.05 bits per heavy atom. The quantitative estimate of drug-likeness (QED) is 0.872. The van der Waals surface area contributed by atoms with Gasteiger partial charge in [0.1, 0.15) is 12.1 Å². The van der Waals surface area contributed by atoms with Crippen LogP contribution in [0.2, 0.25) is 0 Å². The summed E-state index contributed by atoms with van der Waals surface area (Å²) in [5, 5.41) is 11.8. The van der Waals surface area contributed by atoms with Gasteiger partial charge in [0.2, 0.25) is 11.8 Å².